The second-order valence-electron chi connectivity index (χ2n) is 3.70. The maximum atomic E-state index is 10.4. The highest BCUT2D eigenvalue weighted by Crippen LogP contribution is 2.49. The first-order valence-electron chi connectivity index (χ1n) is 4.47. The van der Waals surface area contributed by atoms with Crippen molar-refractivity contribution in [2.75, 3.05) is 0 Å². The molecule has 13 heavy (non-hydrogen) atoms. The van der Waals surface area contributed by atoms with Crippen molar-refractivity contribution in [3.05, 3.63) is 36.0 Å². The van der Waals surface area contributed by atoms with E-state index in [-0.39, 0.29) is 0 Å². The molecule has 0 unspecified atom stereocenters. The van der Waals surface area contributed by atoms with Crippen molar-refractivity contribution in [1.82, 2.24) is 0 Å². The van der Waals surface area contributed by atoms with Gasteiger partial charge in [-0.25, -0.2) is 4.79 Å². The predicted molar refractivity (Wildman–Crippen MR) is 50.2 cm³/mol. The van der Waals surface area contributed by atoms with E-state index < -0.39 is 5.97 Å². The molecule has 1 fully saturated rings. The van der Waals surface area contributed by atoms with Crippen LogP contribution in [-0.2, 0) is 4.79 Å². The Hall–Kier alpha value is -1.31. The zero-order valence-corrected chi connectivity index (χ0v) is 7.36. The molecule has 0 saturated heterocycles. The number of carbonyl (C=O) groups is 1. The molecule has 2 aliphatic carbocycles. The molecule has 0 spiro atoms. The van der Waals surface area contributed by atoms with Crippen molar-refractivity contribution in [2.24, 2.45) is 11.8 Å². The first-order chi connectivity index (χ1) is 6.20. The molecule has 1 N–H and O–H groups in total. The van der Waals surface area contributed by atoms with Crippen molar-refractivity contribution in [1.29, 1.82) is 0 Å². The summed E-state index contributed by atoms with van der Waals surface area (Å²) in [5.41, 5.74) is 2.33. The summed E-state index contributed by atoms with van der Waals surface area (Å²) in [5, 5.41) is 8.57. The third kappa shape index (κ3) is 1.32. The molecule has 0 radical (unpaired) electrons. The molecule has 0 aliphatic heterocycles. The Kier molecular flexibility index (Phi) is 1.83. The first kappa shape index (κ1) is 8.30. The van der Waals surface area contributed by atoms with Gasteiger partial charge in [-0.05, 0) is 18.8 Å². The van der Waals surface area contributed by atoms with E-state index >= 15 is 0 Å². The van der Waals surface area contributed by atoms with Gasteiger partial charge >= 0.3 is 5.97 Å². The molecular weight excluding hydrogens is 164 g/mol. The summed E-state index contributed by atoms with van der Waals surface area (Å²) in [6.45, 7) is 3.72. The Labute approximate surface area is 77.3 Å². The van der Waals surface area contributed by atoms with Crippen LogP contribution < -0.4 is 0 Å². The highest BCUT2D eigenvalue weighted by atomic mass is 16.4. The number of carboxylic acid groups (broad SMARTS) is 1. The zero-order valence-electron chi connectivity index (χ0n) is 7.36. The lowest BCUT2D eigenvalue weighted by Crippen LogP contribution is -2.24. The maximum Gasteiger partial charge on any atom is 0.328 e. The van der Waals surface area contributed by atoms with E-state index in [9.17, 15) is 4.79 Å². The monoisotopic (exact) mass is 176 g/mol. The van der Waals surface area contributed by atoms with E-state index in [2.05, 4.69) is 12.7 Å². The van der Waals surface area contributed by atoms with Crippen LogP contribution in [0.4, 0.5) is 0 Å². The van der Waals surface area contributed by atoms with Gasteiger partial charge in [0.25, 0.3) is 0 Å². The van der Waals surface area contributed by atoms with E-state index in [0.717, 1.165) is 18.4 Å². The Bertz CT molecular complexity index is 323. The fourth-order valence-corrected chi connectivity index (χ4v) is 2.22. The van der Waals surface area contributed by atoms with Crippen LogP contribution in [0.3, 0.4) is 0 Å². The van der Waals surface area contributed by atoms with Crippen molar-refractivity contribution < 1.29 is 9.90 Å². The highest BCUT2D eigenvalue weighted by molar-refractivity contribution is 5.81. The van der Waals surface area contributed by atoms with Crippen molar-refractivity contribution >= 4 is 5.97 Å². The molecule has 0 aromatic heterocycles. The van der Waals surface area contributed by atoms with Gasteiger partial charge in [0.1, 0.15) is 0 Å². The van der Waals surface area contributed by atoms with Gasteiger partial charge in [0.2, 0.25) is 0 Å². The molecule has 0 heterocycles. The molecule has 0 bridgehead atoms. The minimum Gasteiger partial charge on any atom is -0.478 e. The lowest BCUT2D eigenvalue weighted by molar-refractivity contribution is -0.131. The number of fused-ring (bicyclic) bond motifs is 1. The van der Waals surface area contributed by atoms with Gasteiger partial charge in [0.05, 0.1) is 0 Å². The summed E-state index contributed by atoms with van der Waals surface area (Å²) in [6, 6.07) is 0. The summed E-state index contributed by atoms with van der Waals surface area (Å²) in [6.07, 6.45) is 7.40. The molecule has 2 atom stereocenters. The number of rotatable bonds is 2. The molecular formula is C11H12O2. The molecule has 0 amide bonds. The van der Waals surface area contributed by atoms with Crippen LogP contribution in [0.1, 0.15) is 12.8 Å². The standard InChI is InChI=1S/C11H12O2/c1-2-7-3-8-5-9(6-11(12)13)10(8)4-7/h2,4,6,8,10H,1,3,5H2,(H,12,13)/b9-6-/t8-,10-/m1/s1. The molecule has 2 aliphatic rings. The predicted octanol–water partition coefficient (Wildman–Crippen LogP) is 2.15. The fourth-order valence-electron chi connectivity index (χ4n) is 2.22. The molecule has 2 rings (SSSR count). The Morgan fingerprint density at radius 1 is 1.62 bits per heavy atom. The quantitative estimate of drug-likeness (QED) is 0.654. The number of aliphatic carboxylic acids is 1. The van der Waals surface area contributed by atoms with E-state index in [1.807, 2.05) is 6.08 Å². The molecule has 0 aromatic rings. The minimum absolute atomic E-state index is 0.393. The fraction of sp³-hybridized carbons (Fsp3) is 0.364. The molecule has 2 nitrogen and oxygen atoms in total. The summed E-state index contributed by atoms with van der Waals surface area (Å²) in [5.74, 6) is 0.219. The maximum absolute atomic E-state index is 10.4. The second kappa shape index (κ2) is 2.87. The van der Waals surface area contributed by atoms with Gasteiger partial charge < -0.3 is 5.11 Å². The summed E-state index contributed by atoms with van der Waals surface area (Å²) < 4.78 is 0. The second-order valence-corrected chi connectivity index (χ2v) is 3.70. The van der Waals surface area contributed by atoms with Crippen molar-refractivity contribution in [2.45, 2.75) is 12.8 Å². The lowest BCUT2D eigenvalue weighted by Gasteiger charge is -2.33. The molecule has 1 saturated carbocycles. The number of carboxylic acids is 1. The Balaban J connectivity index is 2.13. The third-order valence-electron chi connectivity index (χ3n) is 2.90. The lowest BCUT2D eigenvalue weighted by atomic mass is 9.71. The zero-order chi connectivity index (χ0) is 9.42. The normalized spacial score (nSPS) is 33.5. The van der Waals surface area contributed by atoms with Gasteiger partial charge in [-0.3, -0.25) is 0 Å². The van der Waals surface area contributed by atoms with E-state index in [1.54, 1.807) is 0 Å². The smallest absolute Gasteiger partial charge is 0.328 e. The van der Waals surface area contributed by atoms with Crippen LogP contribution in [0, 0.1) is 11.8 Å². The average molecular weight is 176 g/mol. The van der Waals surface area contributed by atoms with Gasteiger partial charge in [0, 0.05) is 12.0 Å². The number of allylic oxidation sites excluding steroid dienone is 4. The third-order valence-corrected chi connectivity index (χ3v) is 2.90. The van der Waals surface area contributed by atoms with Gasteiger partial charge in [-0.2, -0.15) is 0 Å². The molecule has 68 valence electrons. The van der Waals surface area contributed by atoms with Gasteiger partial charge in [-0.1, -0.05) is 29.9 Å². The van der Waals surface area contributed by atoms with Gasteiger partial charge in [0.15, 0.2) is 0 Å². The highest BCUT2D eigenvalue weighted by Gasteiger charge is 2.38. The van der Waals surface area contributed by atoms with Crippen LogP contribution in [-0.4, -0.2) is 11.1 Å². The SMILES string of the molecule is C=CC1=C[C@H]2/C(=C\C(=O)O)C[C@H]2C1. The first-order valence-corrected chi connectivity index (χ1v) is 4.47. The largest absolute Gasteiger partial charge is 0.478 e. The summed E-state index contributed by atoms with van der Waals surface area (Å²) in [4.78, 5) is 10.4. The van der Waals surface area contributed by atoms with E-state index in [4.69, 9.17) is 5.11 Å². The average Bonchev–Trinajstić information content (AvgIpc) is 2.38. The van der Waals surface area contributed by atoms with Gasteiger partial charge in [-0.15, -0.1) is 0 Å². The van der Waals surface area contributed by atoms with E-state index in [1.165, 1.54) is 11.6 Å². The van der Waals surface area contributed by atoms with Crippen LogP contribution in [0.25, 0.3) is 0 Å². The summed E-state index contributed by atoms with van der Waals surface area (Å²) in [7, 11) is 0. The van der Waals surface area contributed by atoms with Crippen molar-refractivity contribution in [3.8, 4) is 0 Å². The Morgan fingerprint density at radius 2 is 2.38 bits per heavy atom. The van der Waals surface area contributed by atoms with Crippen LogP contribution in [0.15, 0.2) is 36.0 Å². The Morgan fingerprint density at radius 3 is 3.00 bits per heavy atom. The topological polar surface area (TPSA) is 37.3 Å². The number of hydrogen-bond acceptors (Lipinski definition) is 1. The minimum atomic E-state index is -0.825. The van der Waals surface area contributed by atoms with Crippen LogP contribution in [0.2, 0.25) is 0 Å². The summed E-state index contributed by atoms with van der Waals surface area (Å²) >= 11 is 0. The van der Waals surface area contributed by atoms with Crippen LogP contribution >= 0.6 is 0 Å². The van der Waals surface area contributed by atoms with Crippen molar-refractivity contribution in [3.63, 3.8) is 0 Å². The van der Waals surface area contributed by atoms with Crippen LogP contribution in [0.5, 0.6) is 0 Å². The molecule has 2 heteroatoms. The van der Waals surface area contributed by atoms with E-state index in [0.29, 0.717) is 11.8 Å². The number of hydrogen-bond donors (Lipinski definition) is 1. The molecule has 0 aromatic carbocycles.